The van der Waals surface area contributed by atoms with Crippen LogP contribution < -0.4 is 0 Å². The zero-order chi connectivity index (χ0) is 14.2. The van der Waals surface area contributed by atoms with Crippen LogP contribution in [0.5, 0.6) is 0 Å². The second-order valence-corrected chi connectivity index (χ2v) is 6.78. The summed E-state index contributed by atoms with van der Waals surface area (Å²) in [6, 6.07) is 13.1. The van der Waals surface area contributed by atoms with Crippen LogP contribution in [-0.2, 0) is 11.2 Å². The largest absolute Gasteiger partial charge is 0.299 e. The van der Waals surface area contributed by atoms with E-state index in [0.717, 1.165) is 12.3 Å². The van der Waals surface area contributed by atoms with Crippen molar-refractivity contribution in [1.29, 1.82) is 0 Å². The Morgan fingerprint density at radius 3 is 2.57 bits per heavy atom. The number of hydrogen-bond donors (Lipinski definition) is 0. The minimum absolute atomic E-state index is 0.439. The van der Waals surface area contributed by atoms with Gasteiger partial charge >= 0.3 is 0 Å². The van der Waals surface area contributed by atoms with Crippen molar-refractivity contribution in [2.45, 2.75) is 50.9 Å². The molecule has 1 atom stereocenters. The molecule has 0 aliphatic heterocycles. The summed E-state index contributed by atoms with van der Waals surface area (Å²) in [5.41, 5.74) is 2.79. The fourth-order valence-corrected chi connectivity index (χ4v) is 4.48. The molecule has 21 heavy (non-hydrogen) atoms. The highest BCUT2D eigenvalue weighted by atomic mass is 16.1. The summed E-state index contributed by atoms with van der Waals surface area (Å²) in [7, 11) is 0. The van der Waals surface area contributed by atoms with E-state index < -0.39 is 0 Å². The molecule has 4 rings (SSSR count). The molecule has 0 bridgehead atoms. The lowest BCUT2D eigenvalue weighted by Crippen LogP contribution is -2.25. The Labute approximate surface area is 126 Å². The van der Waals surface area contributed by atoms with E-state index in [4.69, 9.17) is 0 Å². The zero-order valence-electron chi connectivity index (χ0n) is 12.5. The third-order valence-electron chi connectivity index (χ3n) is 5.52. The molecule has 1 heteroatoms. The number of fused-ring (bicyclic) bond motifs is 3. The molecule has 1 fully saturated rings. The number of benzene rings is 2. The summed E-state index contributed by atoms with van der Waals surface area (Å²) >= 11 is 0. The van der Waals surface area contributed by atoms with Gasteiger partial charge in [-0.05, 0) is 46.6 Å². The molecule has 0 N–H and O–H groups in total. The fourth-order valence-electron chi connectivity index (χ4n) is 4.48. The second kappa shape index (κ2) is 5.29. The third-order valence-corrected chi connectivity index (χ3v) is 5.52. The maximum atomic E-state index is 12.3. The number of rotatable bonds is 1. The minimum atomic E-state index is 0.439. The van der Waals surface area contributed by atoms with Crippen LogP contribution in [0.2, 0.25) is 0 Å². The lowest BCUT2D eigenvalue weighted by atomic mass is 9.69. The van der Waals surface area contributed by atoms with Crippen LogP contribution in [0.15, 0.2) is 36.4 Å². The monoisotopic (exact) mass is 278 g/mol. The molecule has 1 saturated carbocycles. The van der Waals surface area contributed by atoms with Crippen LogP contribution in [0.3, 0.4) is 0 Å². The number of carbonyl (C=O) groups is 1. The van der Waals surface area contributed by atoms with Gasteiger partial charge in [0.05, 0.1) is 0 Å². The number of Topliss-reactive ketones (excluding diaryl/α,β-unsaturated/α-hetero) is 1. The zero-order valence-corrected chi connectivity index (χ0v) is 12.5. The summed E-state index contributed by atoms with van der Waals surface area (Å²) in [5.74, 6) is 1.64. The van der Waals surface area contributed by atoms with Crippen molar-refractivity contribution in [3.8, 4) is 0 Å². The Bertz CT molecular complexity index is 679. The number of carbonyl (C=O) groups excluding carboxylic acids is 1. The lowest BCUT2D eigenvalue weighted by molar-refractivity contribution is -0.119. The van der Waals surface area contributed by atoms with Gasteiger partial charge in [0.25, 0.3) is 0 Å². The van der Waals surface area contributed by atoms with Crippen molar-refractivity contribution in [2.75, 3.05) is 0 Å². The van der Waals surface area contributed by atoms with Crippen molar-refractivity contribution in [2.24, 2.45) is 5.92 Å². The molecule has 0 saturated heterocycles. The van der Waals surface area contributed by atoms with Crippen LogP contribution in [0.1, 0.15) is 55.6 Å². The van der Waals surface area contributed by atoms with Crippen LogP contribution in [-0.4, -0.2) is 5.78 Å². The molecule has 2 aliphatic rings. The molecule has 0 heterocycles. The first-order chi connectivity index (χ1) is 10.3. The lowest BCUT2D eigenvalue weighted by Gasteiger charge is -2.34. The SMILES string of the molecule is O=C1Cc2c(ccc3ccccc23)C(C2CCCCC2)C1. The van der Waals surface area contributed by atoms with Crippen molar-refractivity contribution in [3.05, 3.63) is 47.5 Å². The predicted molar refractivity (Wildman–Crippen MR) is 86.6 cm³/mol. The van der Waals surface area contributed by atoms with Crippen molar-refractivity contribution < 1.29 is 4.79 Å². The van der Waals surface area contributed by atoms with E-state index in [-0.39, 0.29) is 0 Å². The molecule has 0 spiro atoms. The fraction of sp³-hybridized carbons (Fsp3) is 0.450. The van der Waals surface area contributed by atoms with Crippen molar-refractivity contribution in [1.82, 2.24) is 0 Å². The number of hydrogen-bond acceptors (Lipinski definition) is 1. The molecule has 0 aromatic heterocycles. The molecular formula is C20H22O. The normalized spacial score (nSPS) is 23.2. The minimum Gasteiger partial charge on any atom is -0.299 e. The Balaban J connectivity index is 1.83. The van der Waals surface area contributed by atoms with E-state index in [1.807, 2.05) is 0 Å². The van der Waals surface area contributed by atoms with Gasteiger partial charge in [-0.25, -0.2) is 0 Å². The van der Waals surface area contributed by atoms with Gasteiger partial charge in [0.1, 0.15) is 5.78 Å². The van der Waals surface area contributed by atoms with E-state index in [1.165, 1.54) is 54.0 Å². The van der Waals surface area contributed by atoms with Crippen LogP contribution in [0.4, 0.5) is 0 Å². The molecular weight excluding hydrogens is 256 g/mol. The molecule has 2 aliphatic carbocycles. The van der Waals surface area contributed by atoms with Crippen LogP contribution >= 0.6 is 0 Å². The first-order valence-electron chi connectivity index (χ1n) is 8.35. The maximum absolute atomic E-state index is 12.3. The summed E-state index contributed by atoms with van der Waals surface area (Å²) in [6.07, 6.45) is 8.10. The molecule has 2 aromatic rings. The van der Waals surface area contributed by atoms with E-state index in [1.54, 1.807) is 0 Å². The third kappa shape index (κ3) is 2.29. The van der Waals surface area contributed by atoms with Gasteiger partial charge < -0.3 is 0 Å². The average molecular weight is 278 g/mol. The van der Waals surface area contributed by atoms with Crippen molar-refractivity contribution >= 4 is 16.6 Å². The standard InChI is InChI=1S/C20H22O/c21-16-12-19(14-6-2-1-3-7-14)18-11-10-15-8-4-5-9-17(15)20(18)13-16/h4-5,8-11,14,19H,1-3,6-7,12-13H2. The molecule has 0 radical (unpaired) electrons. The highest BCUT2D eigenvalue weighted by Gasteiger charge is 2.32. The Kier molecular flexibility index (Phi) is 3.29. The van der Waals surface area contributed by atoms with E-state index >= 15 is 0 Å². The second-order valence-electron chi connectivity index (χ2n) is 6.78. The van der Waals surface area contributed by atoms with Gasteiger partial charge in [0, 0.05) is 12.8 Å². The maximum Gasteiger partial charge on any atom is 0.137 e. The van der Waals surface area contributed by atoms with Gasteiger partial charge in [0.15, 0.2) is 0 Å². The van der Waals surface area contributed by atoms with E-state index in [9.17, 15) is 4.79 Å². The van der Waals surface area contributed by atoms with Gasteiger partial charge in [-0.1, -0.05) is 55.7 Å². The Morgan fingerprint density at radius 2 is 1.71 bits per heavy atom. The van der Waals surface area contributed by atoms with E-state index in [0.29, 0.717) is 18.1 Å². The van der Waals surface area contributed by atoms with Crippen molar-refractivity contribution in [3.63, 3.8) is 0 Å². The topological polar surface area (TPSA) is 17.1 Å². The van der Waals surface area contributed by atoms with Gasteiger partial charge in [-0.15, -0.1) is 0 Å². The van der Waals surface area contributed by atoms with Gasteiger partial charge in [0.2, 0.25) is 0 Å². The number of ketones is 1. The molecule has 1 unspecified atom stereocenters. The average Bonchev–Trinajstić information content (AvgIpc) is 2.55. The molecule has 108 valence electrons. The highest BCUT2D eigenvalue weighted by Crippen LogP contribution is 2.43. The molecule has 0 amide bonds. The van der Waals surface area contributed by atoms with Crippen LogP contribution in [0, 0.1) is 5.92 Å². The van der Waals surface area contributed by atoms with Gasteiger partial charge in [-0.2, -0.15) is 0 Å². The predicted octanol–water partition coefficient (Wildman–Crippen LogP) is 5.02. The smallest absolute Gasteiger partial charge is 0.137 e. The van der Waals surface area contributed by atoms with Gasteiger partial charge in [-0.3, -0.25) is 4.79 Å². The molecule has 2 aromatic carbocycles. The highest BCUT2D eigenvalue weighted by molar-refractivity contribution is 5.94. The summed E-state index contributed by atoms with van der Waals surface area (Å²) in [5, 5.41) is 2.57. The summed E-state index contributed by atoms with van der Waals surface area (Å²) in [6.45, 7) is 0. The first-order valence-corrected chi connectivity index (χ1v) is 8.35. The Hall–Kier alpha value is -1.63. The van der Waals surface area contributed by atoms with Crippen LogP contribution in [0.25, 0.3) is 10.8 Å². The Morgan fingerprint density at radius 1 is 0.905 bits per heavy atom. The van der Waals surface area contributed by atoms with E-state index in [2.05, 4.69) is 36.4 Å². The summed E-state index contributed by atoms with van der Waals surface area (Å²) in [4.78, 5) is 12.3. The quantitative estimate of drug-likeness (QED) is 0.716. The molecule has 1 nitrogen and oxygen atoms in total. The summed E-state index contributed by atoms with van der Waals surface area (Å²) < 4.78 is 0. The first kappa shape index (κ1) is 13.1.